The number of halogens is 2. The maximum atomic E-state index is 13.4. The van der Waals surface area contributed by atoms with Gasteiger partial charge in [-0.3, -0.25) is 4.79 Å². The minimum absolute atomic E-state index is 0.0263. The Morgan fingerprint density at radius 3 is 2.17 bits per heavy atom. The van der Waals surface area contributed by atoms with Gasteiger partial charge in [-0.2, -0.15) is 0 Å². The number of hydrogen-bond donors (Lipinski definition) is 1. The molecule has 0 aliphatic heterocycles. The third kappa shape index (κ3) is 4.70. The zero-order valence-corrected chi connectivity index (χ0v) is 17.9. The van der Waals surface area contributed by atoms with Crippen molar-refractivity contribution >= 4 is 27.5 Å². The Balaban J connectivity index is 1.98. The molecular weight excluding hydrogens is 427 g/mol. The third-order valence-corrected chi connectivity index (χ3v) is 6.86. The van der Waals surface area contributed by atoms with Gasteiger partial charge in [-0.1, -0.05) is 54.1 Å². The van der Waals surface area contributed by atoms with E-state index in [1.165, 1.54) is 44.4 Å². The average molecular weight is 447 g/mol. The fourth-order valence-electron chi connectivity index (χ4n) is 2.91. The van der Waals surface area contributed by atoms with Crippen LogP contribution in [0.15, 0.2) is 77.7 Å². The minimum atomic E-state index is -3.82. The summed E-state index contributed by atoms with van der Waals surface area (Å²) in [6.45, 7) is 0. The molecule has 3 aromatic rings. The van der Waals surface area contributed by atoms with E-state index in [2.05, 4.69) is 5.32 Å². The van der Waals surface area contributed by atoms with Crippen LogP contribution < -0.4 is 5.32 Å². The summed E-state index contributed by atoms with van der Waals surface area (Å²) in [7, 11) is -1.05. The summed E-state index contributed by atoms with van der Waals surface area (Å²) in [5.41, 5.74) is 1.63. The van der Waals surface area contributed by atoms with Crippen molar-refractivity contribution in [2.24, 2.45) is 0 Å². The van der Waals surface area contributed by atoms with E-state index in [-0.39, 0.29) is 21.3 Å². The molecule has 0 saturated carbocycles. The summed E-state index contributed by atoms with van der Waals surface area (Å²) < 4.78 is 39.4. The van der Waals surface area contributed by atoms with Crippen molar-refractivity contribution in [3.63, 3.8) is 0 Å². The first-order valence-electron chi connectivity index (χ1n) is 9.03. The molecule has 156 valence electrons. The normalized spacial score (nSPS) is 12.6. The Kier molecular flexibility index (Phi) is 6.55. The Morgan fingerprint density at radius 1 is 0.967 bits per heavy atom. The number of benzene rings is 3. The van der Waals surface area contributed by atoms with Crippen LogP contribution in [0.25, 0.3) is 0 Å². The highest BCUT2D eigenvalue weighted by atomic mass is 35.5. The zero-order chi connectivity index (χ0) is 21.9. The first kappa shape index (κ1) is 22.0. The van der Waals surface area contributed by atoms with Crippen LogP contribution in [0.1, 0.15) is 27.5 Å². The van der Waals surface area contributed by atoms with Gasteiger partial charge in [-0.15, -0.1) is 0 Å². The van der Waals surface area contributed by atoms with E-state index in [0.29, 0.717) is 5.56 Å². The van der Waals surface area contributed by atoms with E-state index in [0.717, 1.165) is 9.87 Å². The molecule has 0 radical (unpaired) electrons. The number of rotatable bonds is 6. The van der Waals surface area contributed by atoms with E-state index in [1.54, 1.807) is 12.1 Å². The van der Waals surface area contributed by atoms with E-state index < -0.39 is 22.0 Å². The van der Waals surface area contributed by atoms with Gasteiger partial charge in [0.2, 0.25) is 10.0 Å². The number of amides is 1. The minimum Gasteiger partial charge on any atom is -0.341 e. The van der Waals surface area contributed by atoms with Crippen LogP contribution in [-0.4, -0.2) is 32.7 Å². The van der Waals surface area contributed by atoms with Crippen molar-refractivity contribution in [2.45, 2.75) is 10.9 Å². The molecule has 0 aliphatic carbocycles. The molecule has 0 saturated heterocycles. The first-order valence-corrected chi connectivity index (χ1v) is 10.9. The number of sulfonamides is 1. The van der Waals surface area contributed by atoms with Crippen molar-refractivity contribution in [3.05, 3.63) is 100 Å². The summed E-state index contributed by atoms with van der Waals surface area (Å²) in [5, 5.41) is 2.93. The van der Waals surface area contributed by atoms with E-state index in [4.69, 9.17) is 11.6 Å². The van der Waals surface area contributed by atoms with Crippen molar-refractivity contribution in [3.8, 4) is 0 Å². The Labute approximate surface area is 180 Å². The highest BCUT2D eigenvalue weighted by Gasteiger charge is 2.24. The lowest BCUT2D eigenvalue weighted by Crippen LogP contribution is -2.30. The van der Waals surface area contributed by atoms with Crippen molar-refractivity contribution < 1.29 is 17.6 Å². The highest BCUT2D eigenvalue weighted by molar-refractivity contribution is 7.89. The summed E-state index contributed by atoms with van der Waals surface area (Å²) >= 11 is 6.07. The number of nitrogens with zero attached hydrogens (tertiary/aromatic N) is 1. The topological polar surface area (TPSA) is 66.5 Å². The van der Waals surface area contributed by atoms with Gasteiger partial charge in [0.15, 0.2) is 0 Å². The van der Waals surface area contributed by atoms with Gasteiger partial charge < -0.3 is 5.32 Å². The fraction of sp³-hybridized carbons (Fsp3) is 0.136. The van der Waals surface area contributed by atoms with Crippen molar-refractivity contribution in [2.75, 3.05) is 14.1 Å². The molecule has 0 spiro atoms. The van der Waals surface area contributed by atoms with Crippen LogP contribution in [0.3, 0.4) is 0 Å². The molecule has 1 unspecified atom stereocenters. The average Bonchev–Trinajstić information content (AvgIpc) is 2.73. The van der Waals surface area contributed by atoms with Gasteiger partial charge in [-0.25, -0.2) is 17.1 Å². The van der Waals surface area contributed by atoms with Gasteiger partial charge >= 0.3 is 0 Å². The molecule has 1 atom stereocenters. The summed E-state index contributed by atoms with van der Waals surface area (Å²) in [4.78, 5) is 12.8. The third-order valence-electron chi connectivity index (χ3n) is 4.56. The summed E-state index contributed by atoms with van der Waals surface area (Å²) in [5.74, 6) is -0.867. The molecule has 8 heteroatoms. The lowest BCUT2D eigenvalue weighted by atomic mass is 9.98. The second kappa shape index (κ2) is 8.95. The van der Waals surface area contributed by atoms with Gasteiger partial charge in [0.25, 0.3) is 5.91 Å². The SMILES string of the molecule is CN(C)S(=O)(=O)c1cc(C(=O)NC(c2ccccc2)c2ccc(F)cc2)ccc1Cl. The lowest BCUT2D eigenvalue weighted by Gasteiger charge is -2.20. The summed E-state index contributed by atoms with van der Waals surface area (Å²) in [6.07, 6.45) is 0. The number of nitrogens with one attached hydrogen (secondary N) is 1. The Bertz CT molecular complexity index is 1150. The fourth-order valence-corrected chi connectivity index (χ4v) is 4.31. The second-order valence-electron chi connectivity index (χ2n) is 6.80. The molecular formula is C22H20ClFN2O3S. The van der Waals surface area contributed by atoms with Crippen molar-refractivity contribution in [1.82, 2.24) is 9.62 Å². The van der Waals surface area contributed by atoms with Crippen molar-refractivity contribution in [1.29, 1.82) is 0 Å². The largest absolute Gasteiger partial charge is 0.341 e. The van der Waals surface area contributed by atoms with Crippen LogP contribution in [0.4, 0.5) is 4.39 Å². The van der Waals surface area contributed by atoms with Crippen LogP contribution in [-0.2, 0) is 10.0 Å². The molecule has 1 N–H and O–H groups in total. The lowest BCUT2D eigenvalue weighted by molar-refractivity contribution is 0.0942. The molecule has 0 heterocycles. The maximum absolute atomic E-state index is 13.4. The van der Waals surface area contributed by atoms with E-state index >= 15 is 0 Å². The number of carbonyl (C=O) groups excluding carboxylic acids is 1. The molecule has 0 fully saturated rings. The molecule has 3 rings (SSSR count). The zero-order valence-electron chi connectivity index (χ0n) is 16.3. The maximum Gasteiger partial charge on any atom is 0.252 e. The number of carbonyl (C=O) groups is 1. The molecule has 1 amide bonds. The molecule has 3 aromatic carbocycles. The monoisotopic (exact) mass is 446 g/mol. The standard InChI is InChI=1S/C22H20ClFN2O3S/c1-26(2)30(28,29)20-14-17(10-13-19(20)23)22(27)25-21(15-6-4-3-5-7-15)16-8-11-18(24)12-9-16/h3-14,21H,1-2H3,(H,25,27). The predicted molar refractivity (Wildman–Crippen MR) is 114 cm³/mol. The van der Waals surface area contributed by atoms with Crippen LogP contribution in [0.2, 0.25) is 5.02 Å². The van der Waals surface area contributed by atoms with Crippen LogP contribution >= 0.6 is 11.6 Å². The van der Waals surface area contributed by atoms with Gasteiger partial charge in [-0.05, 0) is 41.5 Å². The van der Waals surface area contributed by atoms with E-state index in [9.17, 15) is 17.6 Å². The molecule has 0 aromatic heterocycles. The van der Waals surface area contributed by atoms with Crippen LogP contribution in [0, 0.1) is 5.82 Å². The van der Waals surface area contributed by atoms with Gasteiger partial charge in [0, 0.05) is 19.7 Å². The quantitative estimate of drug-likeness (QED) is 0.615. The van der Waals surface area contributed by atoms with E-state index in [1.807, 2.05) is 30.3 Å². The molecule has 0 bridgehead atoms. The Hall–Kier alpha value is -2.74. The summed E-state index contributed by atoms with van der Waals surface area (Å²) in [6, 6.07) is 18.6. The number of hydrogen-bond acceptors (Lipinski definition) is 3. The second-order valence-corrected chi connectivity index (χ2v) is 9.33. The van der Waals surface area contributed by atoms with Gasteiger partial charge in [0.1, 0.15) is 10.7 Å². The first-order chi connectivity index (χ1) is 14.2. The highest BCUT2D eigenvalue weighted by Crippen LogP contribution is 2.26. The molecule has 30 heavy (non-hydrogen) atoms. The van der Waals surface area contributed by atoms with Gasteiger partial charge in [0.05, 0.1) is 11.1 Å². The smallest absolute Gasteiger partial charge is 0.252 e. The molecule has 0 aliphatic rings. The predicted octanol–water partition coefficient (Wildman–Crippen LogP) is 4.25. The molecule has 5 nitrogen and oxygen atoms in total. The Morgan fingerprint density at radius 2 is 1.57 bits per heavy atom. The van der Waals surface area contributed by atoms with Crippen LogP contribution in [0.5, 0.6) is 0 Å².